The Hall–Kier alpha value is -2.34. The second-order valence-corrected chi connectivity index (χ2v) is 7.37. The van der Waals surface area contributed by atoms with Crippen molar-refractivity contribution in [2.24, 2.45) is 5.92 Å². The van der Waals surface area contributed by atoms with E-state index in [0.29, 0.717) is 23.7 Å². The maximum absolute atomic E-state index is 12.3. The molecule has 2 aromatic rings. The van der Waals surface area contributed by atoms with Gasteiger partial charge in [-0.05, 0) is 48.7 Å². The lowest BCUT2D eigenvalue weighted by Gasteiger charge is -2.13. The molecule has 0 bridgehead atoms. The molecule has 0 saturated heterocycles. The predicted octanol–water partition coefficient (Wildman–Crippen LogP) is 4.19. The van der Waals surface area contributed by atoms with Gasteiger partial charge in [0.25, 0.3) is 5.91 Å². The molecule has 2 rings (SSSR count). The van der Waals surface area contributed by atoms with E-state index in [2.05, 4.69) is 31.9 Å². The van der Waals surface area contributed by atoms with Crippen LogP contribution in [0, 0.1) is 12.8 Å². The fourth-order valence-electron chi connectivity index (χ4n) is 2.31. The molecule has 0 radical (unpaired) electrons. The summed E-state index contributed by atoms with van der Waals surface area (Å²) in [4.78, 5) is 24.6. The maximum Gasteiger partial charge on any atom is 0.253 e. The van der Waals surface area contributed by atoms with E-state index in [4.69, 9.17) is 0 Å². The van der Waals surface area contributed by atoms with Gasteiger partial charge in [-0.3, -0.25) is 9.59 Å². The molecule has 138 valence electrons. The number of rotatable bonds is 7. The zero-order chi connectivity index (χ0) is 19.1. The fourth-order valence-corrected chi connectivity index (χ4v) is 2.56. The number of aryl methyl sites for hydroxylation is 1. The van der Waals surface area contributed by atoms with E-state index in [9.17, 15) is 9.59 Å². The van der Waals surface area contributed by atoms with Gasteiger partial charge < -0.3 is 16.0 Å². The monoisotopic (exact) mass is 417 g/mol. The van der Waals surface area contributed by atoms with Crippen LogP contribution in [0.5, 0.6) is 0 Å². The highest BCUT2D eigenvalue weighted by molar-refractivity contribution is 9.10. The van der Waals surface area contributed by atoms with Gasteiger partial charge in [-0.25, -0.2) is 0 Å². The number of amides is 2. The first-order chi connectivity index (χ1) is 12.4. The van der Waals surface area contributed by atoms with Crippen molar-refractivity contribution in [2.75, 3.05) is 23.7 Å². The van der Waals surface area contributed by atoms with Crippen molar-refractivity contribution < 1.29 is 9.59 Å². The number of nitrogens with one attached hydrogen (secondary N) is 3. The number of carbonyl (C=O) groups excluding carboxylic acids is 2. The third-order valence-corrected chi connectivity index (χ3v) is 4.62. The SMILES string of the molecule is Cc1cc(NCC(=O)Nc2ccccc2C(=O)NCC(C)C)ccc1Br. The van der Waals surface area contributed by atoms with E-state index >= 15 is 0 Å². The summed E-state index contributed by atoms with van der Waals surface area (Å²) in [5.74, 6) is -0.0416. The molecule has 0 fully saturated rings. The summed E-state index contributed by atoms with van der Waals surface area (Å²) >= 11 is 3.45. The molecule has 5 nitrogen and oxygen atoms in total. The highest BCUT2D eigenvalue weighted by Gasteiger charge is 2.13. The maximum atomic E-state index is 12.3. The Labute approximate surface area is 162 Å². The van der Waals surface area contributed by atoms with E-state index in [0.717, 1.165) is 15.7 Å². The molecule has 6 heteroatoms. The number of hydrogen-bond acceptors (Lipinski definition) is 3. The van der Waals surface area contributed by atoms with Crippen molar-refractivity contribution >= 4 is 39.1 Å². The molecule has 0 aliphatic rings. The van der Waals surface area contributed by atoms with Crippen LogP contribution < -0.4 is 16.0 Å². The predicted molar refractivity (Wildman–Crippen MR) is 110 cm³/mol. The quantitative estimate of drug-likeness (QED) is 0.632. The number of carbonyl (C=O) groups is 2. The van der Waals surface area contributed by atoms with Gasteiger partial charge in [0.15, 0.2) is 0 Å². The first kappa shape index (κ1) is 20.0. The average Bonchev–Trinajstić information content (AvgIpc) is 2.61. The Morgan fingerprint density at radius 3 is 2.54 bits per heavy atom. The molecule has 0 spiro atoms. The van der Waals surface area contributed by atoms with Crippen molar-refractivity contribution in [1.82, 2.24) is 5.32 Å². The van der Waals surface area contributed by atoms with Crippen molar-refractivity contribution in [3.05, 3.63) is 58.1 Å². The summed E-state index contributed by atoms with van der Waals surface area (Å²) in [7, 11) is 0. The highest BCUT2D eigenvalue weighted by Crippen LogP contribution is 2.20. The minimum Gasteiger partial charge on any atom is -0.376 e. The zero-order valence-corrected chi connectivity index (χ0v) is 16.8. The molecule has 0 atom stereocenters. The average molecular weight is 418 g/mol. The molecule has 26 heavy (non-hydrogen) atoms. The Bertz CT molecular complexity index is 790. The Morgan fingerprint density at radius 2 is 1.85 bits per heavy atom. The fraction of sp³-hybridized carbons (Fsp3) is 0.300. The Morgan fingerprint density at radius 1 is 1.12 bits per heavy atom. The molecule has 0 unspecified atom stereocenters. The molecular weight excluding hydrogens is 394 g/mol. The number of anilines is 2. The third kappa shape index (κ3) is 5.88. The van der Waals surface area contributed by atoms with E-state index in [1.165, 1.54) is 0 Å². The first-order valence-electron chi connectivity index (χ1n) is 8.54. The van der Waals surface area contributed by atoms with Gasteiger partial charge in [-0.15, -0.1) is 0 Å². The second-order valence-electron chi connectivity index (χ2n) is 6.52. The van der Waals surface area contributed by atoms with Crippen LogP contribution in [0.4, 0.5) is 11.4 Å². The second kappa shape index (κ2) is 9.38. The lowest BCUT2D eigenvalue weighted by Crippen LogP contribution is -2.29. The number of benzene rings is 2. The van der Waals surface area contributed by atoms with Crippen molar-refractivity contribution in [3.63, 3.8) is 0 Å². The van der Waals surface area contributed by atoms with E-state index in [-0.39, 0.29) is 18.4 Å². The molecule has 0 aromatic heterocycles. The minimum atomic E-state index is -0.213. The summed E-state index contributed by atoms with van der Waals surface area (Å²) < 4.78 is 1.02. The van der Waals surface area contributed by atoms with E-state index < -0.39 is 0 Å². The van der Waals surface area contributed by atoms with Crippen molar-refractivity contribution in [1.29, 1.82) is 0 Å². The molecule has 2 aromatic carbocycles. The molecule has 0 aliphatic heterocycles. The van der Waals surface area contributed by atoms with E-state index in [1.54, 1.807) is 24.3 Å². The lowest BCUT2D eigenvalue weighted by molar-refractivity contribution is -0.114. The standard InChI is InChI=1S/C20H24BrN3O2/c1-13(2)11-23-20(26)16-6-4-5-7-18(16)24-19(25)12-22-15-8-9-17(21)14(3)10-15/h4-10,13,22H,11-12H2,1-3H3,(H,23,26)(H,24,25). The highest BCUT2D eigenvalue weighted by atomic mass is 79.9. The first-order valence-corrected chi connectivity index (χ1v) is 9.33. The van der Waals surface area contributed by atoms with Crippen molar-refractivity contribution in [2.45, 2.75) is 20.8 Å². The lowest BCUT2D eigenvalue weighted by atomic mass is 10.1. The minimum absolute atomic E-state index is 0.114. The van der Waals surface area contributed by atoms with Gasteiger partial charge in [0.1, 0.15) is 0 Å². The normalized spacial score (nSPS) is 10.5. The van der Waals surface area contributed by atoms with Gasteiger partial charge in [0.05, 0.1) is 17.8 Å². The summed E-state index contributed by atoms with van der Waals surface area (Å²) in [6, 6.07) is 12.8. The van der Waals surface area contributed by atoms with Crippen LogP contribution in [-0.4, -0.2) is 24.9 Å². The van der Waals surface area contributed by atoms with Gasteiger partial charge in [-0.1, -0.05) is 41.9 Å². The van der Waals surface area contributed by atoms with Crippen LogP contribution in [0.1, 0.15) is 29.8 Å². The molecule has 0 heterocycles. The smallest absolute Gasteiger partial charge is 0.253 e. The number of hydrogen-bond donors (Lipinski definition) is 3. The van der Waals surface area contributed by atoms with Gasteiger partial charge in [0.2, 0.25) is 5.91 Å². The Kier molecular flexibility index (Phi) is 7.21. The molecule has 0 aliphatic carbocycles. The van der Waals surface area contributed by atoms with E-state index in [1.807, 2.05) is 39.0 Å². The van der Waals surface area contributed by atoms with Gasteiger partial charge in [-0.2, -0.15) is 0 Å². The Balaban J connectivity index is 1.98. The van der Waals surface area contributed by atoms with Crippen LogP contribution in [0.15, 0.2) is 46.9 Å². The summed E-state index contributed by atoms with van der Waals surface area (Å²) in [6.45, 7) is 6.75. The summed E-state index contributed by atoms with van der Waals surface area (Å²) in [5.41, 5.74) is 2.92. The van der Waals surface area contributed by atoms with Gasteiger partial charge in [0, 0.05) is 16.7 Å². The van der Waals surface area contributed by atoms with Crippen LogP contribution in [-0.2, 0) is 4.79 Å². The molecule has 0 saturated carbocycles. The summed E-state index contributed by atoms with van der Waals surface area (Å²) in [5, 5.41) is 8.76. The van der Waals surface area contributed by atoms with Gasteiger partial charge >= 0.3 is 0 Å². The van der Waals surface area contributed by atoms with Crippen LogP contribution in [0.2, 0.25) is 0 Å². The zero-order valence-electron chi connectivity index (χ0n) is 15.2. The topological polar surface area (TPSA) is 70.2 Å². The largest absolute Gasteiger partial charge is 0.376 e. The van der Waals surface area contributed by atoms with Crippen LogP contribution in [0.25, 0.3) is 0 Å². The summed E-state index contributed by atoms with van der Waals surface area (Å²) in [6.07, 6.45) is 0. The number of para-hydroxylation sites is 1. The van der Waals surface area contributed by atoms with Crippen LogP contribution in [0.3, 0.4) is 0 Å². The molecule has 2 amide bonds. The molecular formula is C20H24BrN3O2. The molecule has 3 N–H and O–H groups in total. The number of halogens is 1. The van der Waals surface area contributed by atoms with Crippen LogP contribution >= 0.6 is 15.9 Å². The third-order valence-electron chi connectivity index (χ3n) is 3.73. The van der Waals surface area contributed by atoms with Crippen molar-refractivity contribution in [3.8, 4) is 0 Å².